The molecule has 10 aromatic rings. The summed E-state index contributed by atoms with van der Waals surface area (Å²) >= 11 is 0. The van der Waals surface area contributed by atoms with E-state index < -0.39 is 16.5 Å². The summed E-state index contributed by atoms with van der Waals surface area (Å²) in [5.41, 5.74) is 23.6. The van der Waals surface area contributed by atoms with E-state index in [0.29, 0.717) is 33.2 Å². The maximum absolute atomic E-state index is 6.21. The van der Waals surface area contributed by atoms with Gasteiger partial charge in [-0.05, 0) is 74.8 Å². The molecule has 0 bridgehead atoms. The summed E-state index contributed by atoms with van der Waals surface area (Å²) in [6.07, 6.45) is 0. The Balaban J connectivity index is 0.000000320. The number of hydrogen-bond acceptors (Lipinski definition) is 2. The van der Waals surface area contributed by atoms with E-state index in [1.165, 1.54) is 89.3 Å². The van der Waals surface area contributed by atoms with Gasteiger partial charge in [0.15, 0.2) is 0 Å². The second kappa shape index (κ2) is 35.1. The third-order valence-corrected chi connectivity index (χ3v) is 31.4. The fourth-order valence-corrected chi connectivity index (χ4v) is 26.2. The molecule has 0 radical (unpaired) electrons. The van der Waals surface area contributed by atoms with Crippen molar-refractivity contribution in [3.8, 4) is 0 Å². The Morgan fingerprint density at radius 1 is 0.228 bits per heavy atom. The zero-order valence-electron chi connectivity index (χ0n) is 57.4. The van der Waals surface area contributed by atoms with Gasteiger partial charge < -0.3 is 20.9 Å². The van der Waals surface area contributed by atoms with Gasteiger partial charge >= 0.3 is 39.0 Å². The van der Waals surface area contributed by atoms with Crippen LogP contribution in [0, 0.1) is 13.8 Å². The van der Waals surface area contributed by atoms with Crippen molar-refractivity contribution in [2.24, 2.45) is 0 Å². The van der Waals surface area contributed by atoms with Gasteiger partial charge in [-0.3, -0.25) is 0 Å². The Morgan fingerprint density at radius 2 is 0.359 bits per heavy atom. The molecule has 92 heavy (non-hydrogen) atoms. The van der Waals surface area contributed by atoms with Crippen LogP contribution in [-0.2, 0) is 39.0 Å². The van der Waals surface area contributed by atoms with Crippen molar-refractivity contribution in [1.82, 2.24) is 0 Å². The molecule has 4 nitrogen and oxygen atoms in total. The Kier molecular flexibility index (Phi) is 29.0. The molecule has 0 unspecified atom stereocenters. The minimum atomic E-state index is -2.22. The van der Waals surface area contributed by atoms with E-state index in [1.54, 1.807) is 0 Å². The molecule has 10 aromatic carbocycles. The summed E-state index contributed by atoms with van der Waals surface area (Å²) in [6, 6.07) is 98.0. The second-order valence-electron chi connectivity index (χ2n) is 26.5. The van der Waals surface area contributed by atoms with E-state index in [2.05, 4.69) is 364 Å². The molecule has 0 aliphatic rings. The Morgan fingerprint density at radius 3 is 0.478 bits per heavy atom. The molecule has 0 spiro atoms. The quantitative estimate of drug-likeness (QED) is 0.0500. The van der Waals surface area contributed by atoms with Gasteiger partial charge in [0.25, 0.3) is 0 Å². The average Bonchev–Trinajstić information content (AvgIpc) is 0.774. The van der Waals surface area contributed by atoms with Gasteiger partial charge in [-0.15, -0.1) is 11.4 Å². The Hall–Kier alpha value is -6.60. The summed E-state index contributed by atoms with van der Waals surface area (Å²) in [5.74, 6) is 0.278. The first-order valence-electron chi connectivity index (χ1n) is 32.6. The van der Waals surface area contributed by atoms with Crippen molar-refractivity contribution >= 4 is 27.8 Å². The zero-order valence-corrected chi connectivity index (χ0v) is 65.3. The van der Waals surface area contributed by atoms with Gasteiger partial charge in [0.2, 0.25) is 0 Å². The van der Waals surface area contributed by atoms with Gasteiger partial charge in [0.1, 0.15) is 0 Å². The van der Waals surface area contributed by atoms with Crippen molar-refractivity contribution in [3.63, 3.8) is 0 Å². The standard InChI is InChI=1S/2C42H48NSi.2H2O.2Zn/c2*1-30(2)44(31(3)4,32(5)6)43-42-38(40(34-20-12-8-13-21-34)35-22-14-9-15-23-35)28-33(7)29-39(42)41(36-24-16-10-17-25-36)37-26-18-11-19-27-37;;;;/h2*8-32,40-41H,1-7H3;2*1H2;;/q2*-1;;;2*+2/p-2. The van der Waals surface area contributed by atoms with Crippen LogP contribution in [0.2, 0.25) is 33.2 Å². The number of hydrogen-bond donors (Lipinski definition) is 0. The first-order valence-corrected chi connectivity index (χ1v) is 37.0. The van der Waals surface area contributed by atoms with Crippen LogP contribution in [-0.4, -0.2) is 27.4 Å². The summed E-state index contributed by atoms with van der Waals surface area (Å²) < 4.78 is 0. The Bertz CT molecular complexity index is 3080. The monoisotopic (exact) mass is 1350 g/mol. The van der Waals surface area contributed by atoms with Crippen LogP contribution < -0.4 is 0 Å². The molecule has 468 valence electrons. The van der Waals surface area contributed by atoms with Crippen LogP contribution in [0.1, 0.15) is 185 Å². The molecule has 0 aliphatic carbocycles. The number of nitrogens with zero attached hydrogens (tertiary/aromatic N) is 2. The van der Waals surface area contributed by atoms with E-state index in [9.17, 15) is 0 Å². The van der Waals surface area contributed by atoms with Crippen molar-refractivity contribution in [3.05, 3.63) is 355 Å². The van der Waals surface area contributed by atoms with Crippen LogP contribution in [0.3, 0.4) is 0 Å². The minimum absolute atomic E-state index is 0. The van der Waals surface area contributed by atoms with Crippen LogP contribution in [0.5, 0.6) is 0 Å². The summed E-state index contributed by atoms with van der Waals surface area (Å²) in [7, 11) is -4.44. The third-order valence-electron chi connectivity index (χ3n) is 19.1. The minimum Gasteiger partial charge on any atom is -0.870 e. The molecule has 0 heterocycles. The van der Waals surface area contributed by atoms with E-state index in [-0.39, 0.29) is 73.6 Å². The zero-order chi connectivity index (χ0) is 62.5. The third kappa shape index (κ3) is 16.8. The van der Waals surface area contributed by atoms with Crippen LogP contribution in [0.25, 0.3) is 9.96 Å². The van der Waals surface area contributed by atoms with E-state index in [1.807, 2.05) is 0 Å². The fraction of sp³-hybridized carbons (Fsp3) is 0.286. The molecule has 0 saturated carbocycles. The van der Waals surface area contributed by atoms with Crippen molar-refractivity contribution in [1.29, 1.82) is 0 Å². The van der Waals surface area contributed by atoms with E-state index >= 15 is 0 Å². The topological polar surface area (TPSA) is 88.2 Å². The van der Waals surface area contributed by atoms with Crippen molar-refractivity contribution in [2.75, 3.05) is 0 Å². The SMILES string of the molecule is Cc1cc(C(c2ccccc2)c2ccccc2)c([N-][Si](C(C)C)(C(C)C)C(C)C)c(C(c2ccccc2)c2ccccc2)c1.Cc1cc(C(c2ccccc2)c2ccccc2)c([N-][Si](C(C)C)(C(C)C)C(C)C)c(C(c2ccccc2)c2ccccc2)c1.[OH-].[OH-].[Zn+2].[Zn+2]. The largest absolute Gasteiger partial charge is 2.00 e. The molecule has 0 fully saturated rings. The van der Waals surface area contributed by atoms with Crippen LogP contribution >= 0.6 is 0 Å². The molecule has 0 saturated heterocycles. The molecular formula is C84H98N2O2Si2Zn2. The molecule has 10 rings (SSSR count). The van der Waals surface area contributed by atoms with Gasteiger partial charge in [-0.25, -0.2) is 0 Å². The van der Waals surface area contributed by atoms with E-state index in [0.717, 1.165) is 0 Å². The van der Waals surface area contributed by atoms with Gasteiger partial charge in [-0.2, -0.15) is 0 Å². The van der Waals surface area contributed by atoms with Crippen LogP contribution in [0.15, 0.2) is 267 Å². The summed E-state index contributed by atoms with van der Waals surface area (Å²) in [4.78, 5) is 12.4. The molecule has 0 aliphatic heterocycles. The van der Waals surface area contributed by atoms with Gasteiger partial charge in [0, 0.05) is 23.7 Å². The first-order chi connectivity index (χ1) is 42.5. The number of benzene rings is 10. The van der Waals surface area contributed by atoms with Crippen molar-refractivity contribution in [2.45, 2.75) is 154 Å². The normalized spacial score (nSPS) is 11.6. The van der Waals surface area contributed by atoms with Crippen molar-refractivity contribution < 1.29 is 49.9 Å². The molecule has 8 heteroatoms. The predicted molar refractivity (Wildman–Crippen MR) is 390 cm³/mol. The maximum Gasteiger partial charge on any atom is 2.00 e. The fourth-order valence-electron chi connectivity index (χ4n) is 15.3. The smallest absolute Gasteiger partial charge is 0.870 e. The maximum atomic E-state index is 6.21. The molecular weight excluding hydrogens is 1260 g/mol. The van der Waals surface area contributed by atoms with E-state index in [4.69, 9.17) is 9.96 Å². The molecule has 2 N–H and O–H groups in total. The number of aryl methyl sites for hydroxylation is 2. The van der Waals surface area contributed by atoms with Gasteiger partial charge in [0.05, 0.1) is 0 Å². The molecule has 0 amide bonds. The predicted octanol–water partition coefficient (Wildman–Crippen LogP) is 24.7. The number of rotatable bonds is 22. The first kappa shape index (κ1) is 76.1. The Labute approximate surface area is 581 Å². The van der Waals surface area contributed by atoms with Crippen LogP contribution in [0.4, 0.5) is 11.4 Å². The molecule has 0 aromatic heterocycles. The second-order valence-corrected chi connectivity index (χ2v) is 37.5. The summed E-state index contributed by atoms with van der Waals surface area (Å²) in [6.45, 7) is 33.5. The summed E-state index contributed by atoms with van der Waals surface area (Å²) in [5, 5.41) is 0. The van der Waals surface area contributed by atoms with Gasteiger partial charge in [-0.1, -0.05) is 417 Å². The average molecular weight is 1350 g/mol. The molecule has 0 atom stereocenters.